The highest BCUT2D eigenvalue weighted by atomic mass is 19.1. The average molecular weight is 188 g/mol. The number of rotatable bonds is 3. The van der Waals surface area contributed by atoms with Crippen molar-refractivity contribution in [2.45, 2.75) is 6.92 Å². The summed E-state index contributed by atoms with van der Waals surface area (Å²) >= 11 is 0. The third-order valence-electron chi connectivity index (χ3n) is 1.64. The summed E-state index contributed by atoms with van der Waals surface area (Å²) in [5.74, 6) is -0.236. The quantitative estimate of drug-likeness (QED) is 0.725. The summed E-state index contributed by atoms with van der Waals surface area (Å²) in [6.07, 6.45) is 0. The molecule has 0 saturated carbocycles. The van der Waals surface area contributed by atoms with Gasteiger partial charge in [-0.2, -0.15) is 0 Å². The van der Waals surface area contributed by atoms with E-state index in [1.807, 2.05) is 0 Å². The molecular weight excluding hydrogens is 178 g/mol. The fourth-order valence-electron chi connectivity index (χ4n) is 0.987. The van der Waals surface area contributed by atoms with E-state index in [0.717, 1.165) is 0 Å². The lowest BCUT2D eigenvalue weighted by atomic mass is 10.2. The number of halogens is 2. The normalized spacial score (nSPS) is 9.85. The summed E-state index contributed by atoms with van der Waals surface area (Å²) in [5.41, 5.74) is 0.364. The Morgan fingerprint density at radius 1 is 1.38 bits per heavy atom. The van der Waals surface area contributed by atoms with Crippen LogP contribution in [-0.4, -0.2) is 14.0 Å². The van der Waals surface area contributed by atoms with E-state index in [4.69, 9.17) is 4.74 Å². The number of hydrogen-bond donors (Lipinski definition) is 0. The standard InChI is InChI=1S/C9H10F2O2/c1-6-3-7(12-2)4-8(9(6)11)13-5-10/h3-4H,5H2,1-2H3. The van der Waals surface area contributed by atoms with E-state index in [1.54, 1.807) is 6.92 Å². The molecule has 1 aromatic carbocycles. The van der Waals surface area contributed by atoms with Crippen LogP contribution in [-0.2, 0) is 0 Å². The van der Waals surface area contributed by atoms with Gasteiger partial charge in [0.25, 0.3) is 0 Å². The minimum atomic E-state index is -1.05. The molecule has 0 aromatic heterocycles. The zero-order valence-electron chi connectivity index (χ0n) is 7.43. The molecule has 4 heteroatoms. The van der Waals surface area contributed by atoms with Crippen molar-refractivity contribution in [1.82, 2.24) is 0 Å². The van der Waals surface area contributed by atoms with Gasteiger partial charge in [0, 0.05) is 6.07 Å². The van der Waals surface area contributed by atoms with Crippen molar-refractivity contribution in [2.75, 3.05) is 14.0 Å². The molecule has 0 atom stereocenters. The molecule has 0 aliphatic heterocycles. The second kappa shape index (κ2) is 4.07. The summed E-state index contributed by atoms with van der Waals surface area (Å²) < 4.78 is 34.3. The van der Waals surface area contributed by atoms with Gasteiger partial charge in [0.15, 0.2) is 11.6 Å². The molecule has 0 saturated heterocycles. The maximum Gasteiger partial charge on any atom is 0.228 e. The number of aryl methyl sites for hydroxylation is 1. The van der Waals surface area contributed by atoms with Crippen molar-refractivity contribution in [2.24, 2.45) is 0 Å². The van der Waals surface area contributed by atoms with Crippen LogP contribution in [0.25, 0.3) is 0 Å². The SMILES string of the molecule is COc1cc(C)c(F)c(OCF)c1. The van der Waals surface area contributed by atoms with Crippen LogP contribution in [0.3, 0.4) is 0 Å². The largest absolute Gasteiger partial charge is 0.497 e. The van der Waals surface area contributed by atoms with Gasteiger partial charge < -0.3 is 9.47 Å². The molecular formula is C9H10F2O2. The van der Waals surface area contributed by atoms with Crippen LogP contribution in [0.4, 0.5) is 8.78 Å². The topological polar surface area (TPSA) is 18.5 Å². The fraction of sp³-hybridized carbons (Fsp3) is 0.333. The van der Waals surface area contributed by atoms with Gasteiger partial charge in [-0.15, -0.1) is 0 Å². The molecule has 0 aliphatic carbocycles. The molecule has 0 N–H and O–H groups in total. The maximum absolute atomic E-state index is 13.2. The van der Waals surface area contributed by atoms with Crippen LogP contribution in [0.15, 0.2) is 12.1 Å². The molecule has 0 heterocycles. The van der Waals surface area contributed by atoms with E-state index in [1.165, 1.54) is 19.2 Å². The van der Waals surface area contributed by atoms with Gasteiger partial charge in [-0.25, -0.2) is 8.78 Å². The highest BCUT2D eigenvalue weighted by Gasteiger charge is 2.09. The number of hydrogen-bond acceptors (Lipinski definition) is 2. The smallest absolute Gasteiger partial charge is 0.228 e. The van der Waals surface area contributed by atoms with Gasteiger partial charge in [0.2, 0.25) is 6.86 Å². The Bertz CT molecular complexity index is 300. The summed E-state index contributed by atoms with van der Waals surface area (Å²) in [5, 5.41) is 0. The molecule has 1 aromatic rings. The predicted octanol–water partition coefficient (Wildman–Crippen LogP) is 2.45. The van der Waals surface area contributed by atoms with E-state index < -0.39 is 12.7 Å². The van der Waals surface area contributed by atoms with Gasteiger partial charge in [-0.1, -0.05) is 0 Å². The molecule has 0 amide bonds. The maximum atomic E-state index is 13.2. The van der Waals surface area contributed by atoms with Gasteiger partial charge in [0.1, 0.15) is 5.75 Å². The van der Waals surface area contributed by atoms with Crippen LogP contribution in [0.2, 0.25) is 0 Å². The third-order valence-corrected chi connectivity index (χ3v) is 1.64. The second-order valence-corrected chi connectivity index (χ2v) is 2.51. The molecule has 2 nitrogen and oxygen atoms in total. The van der Waals surface area contributed by atoms with Crippen molar-refractivity contribution in [3.8, 4) is 11.5 Å². The van der Waals surface area contributed by atoms with Crippen molar-refractivity contribution >= 4 is 0 Å². The monoisotopic (exact) mass is 188 g/mol. The first-order chi connectivity index (χ1) is 6.19. The van der Waals surface area contributed by atoms with Crippen molar-refractivity contribution in [3.63, 3.8) is 0 Å². The minimum absolute atomic E-state index is 0.126. The van der Waals surface area contributed by atoms with Crippen LogP contribution in [0, 0.1) is 12.7 Å². The summed E-state index contributed by atoms with van der Waals surface area (Å²) in [6, 6.07) is 2.82. The summed E-state index contributed by atoms with van der Waals surface area (Å²) in [7, 11) is 1.45. The number of methoxy groups -OCH3 is 1. The van der Waals surface area contributed by atoms with Gasteiger partial charge in [-0.3, -0.25) is 0 Å². The minimum Gasteiger partial charge on any atom is -0.497 e. The molecule has 0 aliphatic rings. The van der Waals surface area contributed by atoms with Crippen LogP contribution < -0.4 is 9.47 Å². The Balaban J connectivity index is 3.09. The molecule has 0 fully saturated rings. The Morgan fingerprint density at radius 3 is 2.62 bits per heavy atom. The van der Waals surface area contributed by atoms with Gasteiger partial charge >= 0.3 is 0 Å². The first-order valence-corrected chi connectivity index (χ1v) is 3.72. The lowest BCUT2D eigenvalue weighted by Crippen LogP contribution is -1.96. The molecule has 72 valence electrons. The van der Waals surface area contributed by atoms with Crippen LogP contribution in [0.5, 0.6) is 11.5 Å². The Kier molecular flexibility index (Phi) is 3.06. The molecule has 0 bridgehead atoms. The molecule has 13 heavy (non-hydrogen) atoms. The van der Waals surface area contributed by atoms with E-state index in [2.05, 4.69) is 4.74 Å². The zero-order chi connectivity index (χ0) is 9.84. The highest BCUT2D eigenvalue weighted by Crippen LogP contribution is 2.26. The second-order valence-electron chi connectivity index (χ2n) is 2.51. The number of benzene rings is 1. The third kappa shape index (κ3) is 2.08. The highest BCUT2D eigenvalue weighted by molar-refractivity contribution is 5.39. The van der Waals surface area contributed by atoms with E-state index in [9.17, 15) is 8.78 Å². The van der Waals surface area contributed by atoms with Crippen LogP contribution in [0.1, 0.15) is 5.56 Å². The Labute approximate surface area is 75.1 Å². The first-order valence-electron chi connectivity index (χ1n) is 3.72. The Hall–Kier alpha value is -1.32. The molecule has 0 spiro atoms. The zero-order valence-corrected chi connectivity index (χ0v) is 7.43. The molecule has 0 radical (unpaired) electrons. The van der Waals surface area contributed by atoms with Crippen LogP contribution >= 0.6 is 0 Å². The average Bonchev–Trinajstić information content (AvgIpc) is 2.13. The lowest BCUT2D eigenvalue weighted by molar-refractivity contribution is 0.183. The first kappa shape index (κ1) is 9.77. The number of alkyl halides is 1. The van der Waals surface area contributed by atoms with Crippen molar-refractivity contribution in [3.05, 3.63) is 23.5 Å². The summed E-state index contributed by atoms with van der Waals surface area (Å²) in [4.78, 5) is 0. The summed E-state index contributed by atoms with van der Waals surface area (Å²) in [6.45, 7) is 0.506. The van der Waals surface area contributed by atoms with Gasteiger partial charge in [-0.05, 0) is 18.6 Å². The fourth-order valence-corrected chi connectivity index (χ4v) is 0.987. The molecule has 1 rings (SSSR count). The van der Waals surface area contributed by atoms with E-state index >= 15 is 0 Å². The molecule has 0 unspecified atom stereocenters. The van der Waals surface area contributed by atoms with E-state index in [-0.39, 0.29) is 5.75 Å². The lowest BCUT2D eigenvalue weighted by Gasteiger charge is -2.07. The van der Waals surface area contributed by atoms with Gasteiger partial charge in [0.05, 0.1) is 7.11 Å². The van der Waals surface area contributed by atoms with Crippen molar-refractivity contribution < 1.29 is 18.3 Å². The van der Waals surface area contributed by atoms with Crippen molar-refractivity contribution in [1.29, 1.82) is 0 Å². The predicted molar refractivity (Wildman–Crippen MR) is 44.3 cm³/mol. The Morgan fingerprint density at radius 2 is 2.08 bits per heavy atom. The number of ether oxygens (including phenoxy) is 2. The van der Waals surface area contributed by atoms with E-state index in [0.29, 0.717) is 11.3 Å².